The lowest BCUT2D eigenvalue weighted by Crippen LogP contribution is -2.48. The number of benzene rings is 7. The summed E-state index contributed by atoms with van der Waals surface area (Å²) in [5.74, 6) is 1.83. The number of hydrogen-bond acceptors (Lipinski definition) is 5. The SMILES string of the molecule is Bc1c(B)c(B)c2c(oc3c(B)c(B)c(-c4nc(-c5cccc(-c6ccc(-c7ccccc7)cc6)c5)nc(-c5c(B)c(B)c(B)c6c5oc5c(B)c(B)c(B)c(B)c56)n4)c(B)c32)c1B. The van der Waals surface area contributed by atoms with E-state index >= 15 is 0 Å². The summed E-state index contributed by atoms with van der Waals surface area (Å²) < 4.78 is 14.0. The van der Waals surface area contributed by atoms with Crippen molar-refractivity contribution >= 4 is 230 Å². The number of rotatable bonds is 5. The first-order valence-corrected chi connectivity index (χ1v) is 22.5. The van der Waals surface area contributed by atoms with Crippen molar-refractivity contribution in [2.75, 3.05) is 0 Å². The van der Waals surface area contributed by atoms with Crippen LogP contribution in [0.4, 0.5) is 0 Å². The summed E-state index contributed by atoms with van der Waals surface area (Å²) in [5, 5.41) is 4.60. The van der Waals surface area contributed by atoms with Crippen LogP contribution in [0.3, 0.4) is 0 Å². The molecule has 0 aliphatic heterocycles. The zero-order valence-corrected chi connectivity index (χ0v) is 39.7. The minimum atomic E-state index is 0.595. The van der Waals surface area contributed by atoms with Gasteiger partial charge in [0, 0.05) is 32.7 Å². The Labute approximate surface area is 387 Å². The number of fused-ring (bicyclic) bond motifs is 6. The third-order valence-electron chi connectivity index (χ3n) is 15.3. The maximum absolute atomic E-state index is 7.11. The molecular formula is C45H41B14N3O2. The van der Waals surface area contributed by atoms with Crippen molar-refractivity contribution in [1.82, 2.24) is 15.0 Å². The van der Waals surface area contributed by atoms with Crippen molar-refractivity contribution in [1.29, 1.82) is 0 Å². The van der Waals surface area contributed by atoms with Gasteiger partial charge in [0.1, 0.15) is 132 Å². The third kappa shape index (κ3) is 6.16. The van der Waals surface area contributed by atoms with Gasteiger partial charge < -0.3 is 8.83 Å². The minimum absolute atomic E-state index is 0.595. The second-order valence-corrected chi connectivity index (χ2v) is 18.4. The van der Waals surface area contributed by atoms with Gasteiger partial charge in [-0.25, -0.2) is 15.0 Å². The van der Waals surface area contributed by atoms with Crippen LogP contribution >= 0.6 is 0 Å². The molecule has 64 heavy (non-hydrogen) atoms. The first kappa shape index (κ1) is 42.0. The van der Waals surface area contributed by atoms with Crippen LogP contribution in [-0.4, -0.2) is 125 Å². The minimum Gasteiger partial charge on any atom is -0.457 e. The Balaban J connectivity index is 1.27. The fourth-order valence-corrected chi connectivity index (χ4v) is 10.3. The molecule has 10 aromatic rings. The fourth-order valence-electron chi connectivity index (χ4n) is 10.3. The van der Waals surface area contributed by atoms with E-state index < -0.39 is 0 Å². The van der Waals surface area contributed by atoms with Crippen LogP contribution in [0.15, 0.2) is 87.7 Å². The lowest BCUT2D eigenvalue weighted by atomic mass is 9.64. The fraction of sp³-hybridized carbons (Fsp3) is 0. The van der Waals surface area contributed by atoms with E-state index in [0.717, 1.165) is 82.8 Å². The molecule has 0 unspecified atom stereocenters. The Kier molecular flexibility index (Phi) is 10.1. The largest absolute Gasteiger partial charge is 0.457 e. The molecule has 19 heteroatoms. The van der Waals surface area contributed by atoms with E-state index in [1.165, 1.54) is 76.5 Å². The van der Waals surface area contributed by atoms with Gasteiger partial charge in [0.2, 0.25) is 0 Å². The van der Waals surface area contributed by atoms with E-state index in [2.05, 4.69) is 189 Å². The Morgan fingerprint density at radius 1 is 0.266 bits per heavy atom. The van der Waals surface area contributed by atoms with E-state index in [9.17, 15) is 0 Å². The van der Waals surface area contributed by atoms with Crippen molar-refractivity contribution < 1.29 is 8.83 Å². The summed E-state index contributed by atoms with van der Waals surface area (Å²) in [6.45, 7) is 0. The van der Waals surface area contributed by atoms with Crippen LogP contribution in [0, 0.1) is 0 Å². The van der Waals surface area contributed by atoms with E-state index in [0.29, 0.717) is 17.5 Å². The first-order chi connectivity index (χ1) is 30.6. The lowest BCUT2D eigenvalue weighted by molar-refractivity contribution is 0.673. The molecule has 0 aliphatic carbocycles. The molecule has 0 fully saturated rings. The molecular weight excluding hydrogens is 766 g/mol. The van der Waals surface area contributed by atoms with Crippen molar-refractivity contribution in [2.45, 2.75) is 0 Å². The van der Waals surface area contributed by atoms with Gasteiger partial charge in [0.05, 0.1) is 5.56 Å². The van der Waals surface area contributed by atoms with Crippen LogP contribution in [0.25, 0.3) is 100 Å². The molecule has 0 amide bonds. The molecule has 3 aromatic heterocycles. The van der Waals surface area contributed by atoms with Gasteiger partial charge in [-0.1, -0.05) is 138 Å². The van der Waals surface area contributed by atoms with Gasteiger partial charge >= 0.3 is 0 Å². The number of furan rings is 2. The molecule has 5 nitrogen and oxygen atoms in total. The van der Waals surface area contributed by atoms with Gasteiger partial charge in [0.25, 0.3) is 0 Å². The topological polar surface area (TPSA) is 65.0 Å². The van der Waals surface area contributed by atoms with Crippen LogP contribution < -0.4 is 76.5 Å². The molecule has 0 saturated carbocycles. The lowest BCUT2D eigenvalue weighted by Gasteiger charge is -2.18. The highest BCUT2D eigenvalue weighted by Gasteiger charge is 2.28. The molecule has 0 saturated heterocycles. The maximum Gasteiger partial charge on any atom is 0.167 e. The molecule has 0 radical (unpaired) electrons. The zero-order valence-electron chi connectivity index (χ0n) is 39.7. The van der Waals surface area contributed by atoms with Crippen LogP contribution in [0.1, 0.15) is 0 Å². The van der Waals surface area contributed by atoms with Crippen LogP contribution in [0.2, 0.25) is 0 Å². The maximum atomic E-state index is 7.11. The van der Waals surface area contributed by atoms with E-state index in [4.69, 9.17) is 23.8 Å². The standard InChI is InChI=1S/C45H41B14N3O2/c46-25-19-21-27(48)32(53)35(56)38(59)42(21)64-40(19)36(57)29(50)23(25)44-60-43(18-8-4-7-17(13-18)16-11-9-15(10-12-16)14-5-2-1-3-6-14)61-45(62-44)24-30(51)31(52)26(47)20-22-28(49)33(54)34(55)37(58)41(22)63-39(20)24/h1-13H,46-59H2. The highest BCUT2D eigenvalue weighted by atomic mass is 16.3. The van der Waals surface area contributed by atoms with Gasteiger partial charge in [-0.3, -0.25) is 0 Å². The van der Waals surface area contributed by atoms with E-state index in [1.807, 2.05) is 0 Å². The molecule has 0 spiro atoms. The molecule has 10 rings (SSSR count). The predicted molar refractivity (Wildman–Crippen MR) is 316 cm³/mol. The molecule has 7 aromatic carbocycles. The van der Waals surface area contributed by atoms with Crippen molar-refractivity contribution in [3.8, 4) is 56.4 Å². The summed E-state index contributed by atoms with van der Waals surface area (Å²) in [4.78, 5) is 16.4. The molecule has 0 atom stereocenters. The Morgan fingerprint density at radius 3 is 1.19 bits per heavy atom. The summed E-state index contributed by atoms with van der Waals surface area (Å²) >= 11 is 0. The summed E-state index contributed by atoms with van der Waals surface area (Å²) in [6, 6.07) is 27.9. The summed E-state index contributed by atoms with van der Waals surface area (Å²) in [6.07, 6.45) is 0. The monoisotopic (exact) mass is 809 g/mol. The predicted octanol–water partition coefficient (Wildman–Crippen LogP) is -12.4. The van der Waals surface area contributed by atoms with E-state index in [-0.39, 0.29) is 0 Å². The van der Waals surface area contributed by atoms with Crippen molar-refractivity contribution in [3.63, 3.8) is 0 Å². The van der Waals surface area contributed by atoms with Gasteiger partial charge in [-0.2, -0.15) is 0 Å². The number of hydrogen-bond donors (Lipinski definition) is 0. The van der Waals surface area contributed by atoms with Crippen LogP contribution in [-0.2, 0) is 0 Å². The van der Waals surface area contributed by atoms with Crippen molar-refractivity contribution in [2.24, 2.45) is 0 Å². The molecule has 0 N–H and O–H groups in total. The van der Waals surface area contributed by atoms with Gasteiger partial charge in [0.15, 0.2) is 17.5 Å². The van der Waals surface area contributed by atoms with Crippen LogP contribution in [0.5, 0.6) is 0 Å². The first-order valence-electron chi connectivity index (χ1n) is 22.5. The smallest absolute Gasteiger partial charge is 0.167 e. The quantitative estimate of drug-likeness (QED) is 0.162. The molecule has 290 valence electrons. The molecule has 0 aliphatic rings. The van der Waals surface area contributed by atoms with Crippen molar-refractivity contribution in [3.05, 3.63) is 78.9 Å². The zero-order chi connectivity index (χ0) is 45.2. The number of aromatic nitrogens is 3. The highest BCUT2D eigenvalue weighted by molar-refractivity contribution is 6.71. The third-order valence-corrected chi connectivity index (χ3v) is 15.3. The second kappa shape index (κ2) is 15.4. The average Bonchev–Trinajstić information content (AvgIpc) is 3.92. The Morgan fingerprint density at radius 2 is 0.625 bits per heavy atom. The average molecular weight is 807 g/mol. The van der Waals surface area contributed by atoms with Gasteiger partial charge in [-0.15, -0.1) is 10.9 Å². The van der Waals surface area contributed by atoms with Gasteiger partial charge in [-0.05, 0) is 28.3 Å². The normalized spacial score (nSPS) is 11.7. The summed E-state index contributed by atoms with van der Waals surface area (Å²) in [5.41, 5.74) is 27.8. The Hall–Kier alpha value is -5.94. The number of nitrogens with zero attached hydrogens (tertiary/aromatic N) is 3. The van der Waals surface area contributed by atoms with E-state index in [1.54, 1.807) is 0 Å². The second-order valence-electron chi connectivity index (χ2n) is 18.4. The summed E-state index contributed by atoms with van der Waals surface area (Å²) in [7, 11) is 30.8. The molecule has 0 bridgehead atoms. The Bertz CT molecular complexity index is 3670. The molecule has 3 heterocycles. The highest BCUT2D eigenvalue weighted by Crippen LogP contribution is 2.34.